The molecule has 1 saturated carbocycles. The Kier molecular flexibility index (Phi) is 6.02. The molecule has 152 valence electrons. The molecule has 5 nitrogen and oxygen atoms in total. The zero-order valence-corrected chi connectivity index (χ0v) is 19.6. The van der Waals surface area contributed by atoms with Crippen LogP contribution in [0, 0.1) is 25.7 Å². The molecule has 0 spiro atoms. The average Bonchev–Trinajstić information content (AvgIpc) is 2.66. The molecular weight excluding hydrogens is 501 g/mol. The van der Waals surface area contributed by atoms with E-state index in [0.717, 1.165) is 9.26 Å². The number of amides is 2. The lowest BCUT2D eigenvalue weighted by Crippen LogP contribution is -2.75. The zero-order valence-electron chi connectivity index (χ0n) is 16.7. The van der Waals surface area contributed by atoms with E-state index in [-0.39, 0.29) is 29.0 Å². The normalized spacial score (nSPS) is 21.4. The summed E-state index contributed by atoms with van der Waals surface area (Å²) in [7, 11) is 0. The molecule has 2 amide bonds. The van der Waals surface area contributed by atoms with Gasteiger partial charge in [0.25, 0.3) is 0 Å². The predicted molar refractivity (Wildman–Crippen MR) is 123 cm³/mol. The second-order valence-corrected chi connectivity index (χ2v) is 10.1. The van der Waals surface area contributed by atoms with Crippen molar-refractivity contribution in [3.8, 4) is 11.8 Å². The first kappa shape index (κ1) is 21.7. The Labute approximate surface area is 189 Å². The fourth-order valence-corrected chi connectivity index (χ4v) is 5.00. The molecule has 2 N–H and O–H groups in total. The van der Waals surface area contributed by atoms with E-state index in [9.17, 15) is 4.79 Å². The number of carbonyl (C=O) groups is 1. The van der Waals surface area contributed by atoms with Gasteiger partial charge in [-0.05, 0) is 59.0 Å². The molecule has 0 atom stereocenters. The van der Waals surface area contributed by atoms with E-state index in [1.54, 1.807) is 18.2 Å². The van der Waals surface area contributed by atoms with Gasteiger partial charge in [0, 0.05) is 32.2 Å². The van der Waals surface area contributed by atoms with Crippen molar-refractivity contribution < 1.29 is 9.53 Å². The van der Waals surface area contributed by atoms with Crippen molar-refractivity contribution in [3.63, 3.8) is 0 Å². The van der Waals surface area contributed by atoms with E-state index >= 15 is 0 Å². The quantitative estimate of drug-likeness (QED) is 0.496. The minimum atomic E-state index is -0.298. The third kappa shape index (κ3) is 4.31. The Morgan fingerprint density at radius 2 is 1.76 bits per heavy atom. The maximum Gasteiger partial charge on any atom is 0.319 e. The van der Waals surface area contributed by atoms with Crippen LogP contribution < -0.4 is 15.4 Å². The van der Waals surface area contributed by atoms with Gasteiger partial charge in [-0.25, -0.2) is 4.79 Å². The van der Waals surface area contributed by atoms with E-state index in [1.807, 2.05) is 30.3 Å². The third-order valence-electron chi connectivity index (χ3n) is 5.53. The van der Waals surface area contributed by atoms with Crippen molar-refractivity contribution in [3.05, 3.63) is 56.6 Å². The van der Waals surface area contributed by atoms with Gasteiger partial charge >= 0.3 is 6.03 Å². The van der Waals surface area contributed by atoms with Gasteiger partial charge in [0.05, 0.1) is 10.6 Å². The van der Waals surface area contributed by atoms with Crippen LogP contribution in [0.3, 0.4) is 0 Å². The van der Waals surface area contributed by atoms with Crippen LogP contribution in [-0.2, 0) is 0 Å². The number of urea groups is 1. The number of nitriles is 1. The van der Waals surface area contributed by atoms with E-state index in [1.165, 1.54) is 0 Å². The van der Waals surface area contributed by atoms with Crippen LogP contribution >= 0.6 is 34.2 Å². The number of benzene rings is 2. The van der Waals surface area contributed by atoms with Crippen LogP contribution in [0.15, 0.2) is 42.5 Å². The van der Waals surface area contributed by atoms with Crippen LogP contribution in [0.2, 0.25) is 5.02 Å². The Balaban J connectivity index is 1.69. The monoisotopic (exact) mass is 523 g/mol. The molecule has 0 aliphatic heterocycles. The summed E-state index contributed by atoms with van der Waals surface area (Å²) < 4.78 is 7.35. The number of nitrogens with zero attached hydrogens (tertiary/aromatic N) is 1. The van der Waals surface area contributed by atoms with Crippen LogP contribution in [0.5, 0.6) is 5.75 Å². The first-order valence-corrected chi connectivity index (χ1v) is 10.7. The van der Waals surface area contributed by atoms with Gasteiger partial charge in [-0.15, -0.1) is 0 Å². The van der Waals surface area contributed by atoms with Crippen molar-refractivity contribution in [2.24, 2.45) is 10.8 Å². The summed E-state index contributed by atoms with van der Waals surface area (Å²) in [6.07, 6.45) is -0.136. The fourth-order valence-electron chi connectivity index (χ4n) is 4.43. The first-order chi connectivity index (χ1) is 13.6. The number of hydrogen-bond acceptors (Lipinski definition) is 3. The standard InChI is InChI=1S/C22H23ClIN3O2/c1-21(2)18(27-20(28)26-15-8-6-14(24)7-9-15)22(3,4)19(21)29-16-10-5-13(12-25)17(23)11-16/h5-11,18-19H,1-4H3,(H2,26,27,28). The fraction of sp³-hybridized carbons (Fsp3) is 0.364. The molecule has 0 aromatic heterocycles. The summed E-state index contributed by atoms with van der Waals surface area (Å²) in [5.41, 5.74) is 0.566. The molecule has 0 unspecified atom stereocenters. The van der Waals surface area contributed by atoms with Crippen LogP contribution in [0.1, 0.15) is 33.3 Å². The van der Waals surface area contributed by atoms with Crippen molar-refractivity contribution in [1.82, 2.24) is 5.32 Å². The maximum atomic E-state index is 12.5. The van der Waals surface area contributed by atoms with Gasteiger partial charge in [-0.3, -0.25) is 0 Å². The van der Waals surface area contributed by atoms with E-state index < -0.39 is 0 Å². The summed E-state index contributed by atoms with van der Waals surface area (Å²) >= 11 is 8.36. The number of nitrogens with one attached hydrogen (secondary N) is 2. The molecule has 2 aromatic carbocycles. The molecule has 3 rings (SSSR count). The maximum absolute atomic E-state index is 12.5. The molecule has 0 bridgehead atoms. The number of carbonyl (C=O) groups excluding carboxylic acids is 1. The second-order valence-electron chi connectivity index (χ2n) is 8.43. The van der Waals surface area contributed by atoms with Crippen molar-refractivity contribution in [2.45, 2.75) is 39.8 Å². The molecule has 1 fully saturated rings. The van der Waals surface area contributed by atoms with Gasteiger partial charge in [0.2, 0.25) is 0 Å². The largest absolute Gasteiger partial charge is 0.489 e. The number of hydrogen-bond donors (Lipinski definition) is 2. The topological polar surface area (TPSA) is 74.2 Å². The highest BCUT2D eigenvalue weighted by Crippen LogP contribution is 2.55. The van der Waals surface area contributed by atoms with Gasteiger partial charge in [-0.2, -0.15) is 5.26 Å². The zero-order chi connectivity index (χ0) is 21.4. The average molecular weight is 524 g/mol. The highest BCUT2D eigenvalue weighted by atomic mass is 127. The summed E-state index contributed by atoms with van der Waals surface area (Å²) in [6, 6.07) is 14.4. The van der Waals surface area contributed by atoms with E-state index in [2.05, 4.69) is 60.9 Å². The Bertz CT molecular complexity index is 951. The second kappa shape index (κ2) is 8.04. The molecule has 0 heterocycles. The van der Waals surface area contributed by atoms with Gasteiger partial charge < -0.3 is 15.4 Å². The number of anilines is 1. The van der Waals surface area contributed by atoms with Crippen molar-refractivity contribution >= 4 is 45.9 Å². The van der Waals surface area contributed by atoms with E-state index in [0.29, 0.717) is 16.3 Å². The Morgan fingerprint density at radius 3 is 2.31 bits per heavy atom. The lowest BCUT2D eigenvalue weighted by atomic mass is 9.49. The molecule has 29 heavy (non-hydrogen) atoms. The number of rotatable bonds is 4. The number of halogens is 2. The molecule has 0 saturated heterocycles. The summed E-state index contributed by atoms with van der Waals surface area (Å²) in [5, 5.41) is 15.4. The number of ether oxygens (including phenoxy) is 1. The lowest BCUT2D eigenvalue weighted by molar-refractivity contribution is -0.163. The molecule has 1 aliphatic carbocycles. The molecule has 0 radical (unpaired) electrons. The lowest BCUT2D eigenvalue weighted by Gasteiger charge is -2.63. The summed E-state index contributed by atoms with van der Waals surface area (Å²) in [5.74, 6) is 0.613. The molecule has 1 aliphatic rings. The van der Waals surface area contributed by atoms with Gasteiger partial charge in [0.15, 0.2) is 0 Å². The molecular formula is C22H23ClIN3O2. The van der Waals surface area contributed by atoms with Crippen molar-refractivity contribution in [2.75, 3.05) is 5.32 Å². The third-order valence-corrected chi connectivity index (χ3v) is 6.56. The van der Waals surface area contributed by atoms with E-state index in [4.69, 9.17) is 21.6 Å². The van der Waals surface area contributed by atoms with Crippen molar-refractivity contribution in [1.29, 1.82) is 5.26 Å². The SMILES string of the molecule is CC1(C)C(NC(=O)Nc2ccc(I)cc2)C(C)(C)C1Oc1ccc(C#N)c(Cl)c1. The Hall–Kier alpha value is -1.98. The van der Waals surface area contributed by atoms with Crippen LogP contribution in [0.4, 0.5) is 10.5 Å². The first-order valence-electron chi connectivity index (χ1n) is 9.25. The summed E-state index contributed by atoms with van der Waals surface area (Å²) in [6.45, 7) is 8.29. The van der Waals surface area contributed by atoms with Gasteiger partial charge in [-0.1, -0.05) is 39.3 Å². The summed E-state index contributed by atoms with van der Waals surface area (Å²) in [4.78, 5) is 12.5. The van der Waals surface area contributed by atoms with Crippen LogP contribution in [0.25, 0.3) is 0 Å². The molecule has 2 aromatic rings. The minimum absolute atomic E-state index is 0.0855. The molecule has 7 heteroatoms. The minimum Gasteiger partial charge on any atom is -0.489 e. The highest BCUT2D eigenvalue weighted by molar-refractivity contribution is 14.1. The van der Waals surface area contributed by atoms with Gasteiger partial charge in [0.1, 0.15) is 17.9 Å². The van der Waals surface area contributed by atoms with Crippen LogP contribution in [-0.4, -0.2) is 18.2 Å². The smallest absolute Gasteiger partial charge is 0.319 e. The highest BCUT2D eigenvalue weighted by Gasteiger charge is 2.64. The predicted octanol–water partition coefficient (Wildman–Crippen LogP) is 5.82. The Morgan fingerprint density at radius 1 is 1.14 bits per heavy atom.